The number of carboxylic acid groups (broad SMARTS) is 1. The summed E-state index contributed by atoms with van der Waals surface area (Å²) in [5.74, 6) is 0.764. The molecule has 0 saturated heterocycles. The average molecular weight is 355 g/mol. The highest BCUT2D eigenvalue weighted by molar-refractivity contribution is 5.94. The van der Waals surface area contributed by atoms with Gasteiger partial charge in [0.05, 0.1) is 35.9 Å². The summed E-state index contributed by atoms with van der Waals surface area (Å²) >= 11 is 0. The van der Waals surface area contributed by atoms with Crippen LogP contribution in [0.25, 0.3) is 11.0 Å². The van der Waals surface area contributed by atoms with Crippen molar-refractivity contribution in [3.63, 3.8) is 0 Å². The molecule has 4 rings (SSSR count). The molecule has 3 aromatic rings. The van der Waals surface area contributed by atoms with E-state index in [4.69, 9.17) is 4.42 Å². The molecule has 0 bridgehead atoms. The first kappa shape index (κ1) is 16.1. The third-order valence-corrected chi connectivity index (χ3v) is 4.36. The first-order valence-corrected chi connectivity index (χ1v) is 8.28. The van der Waals surface area contributed by atoms with Gasteiger partial charge in [-0.25, -0.2) is 14.8 Å². The number of amides is 2. The molecule has 0 radical (unpaired) electrons. The van der Waals surface area contributed by atoms with Crippen molar-refractivity contribution >= 4 is 28.7 Å². The second-order valence-corrected chi connectivity index (χ2v) is 6.06. The zero-order chi connectivity index (χ0) is 18.1. The van der Waals surface area contributed by atoms with Crippen LogP contribution >= 0.6 is 0 Å². The number of oxazole rings is 1. The first-order chi connectivity index (χ1) is 12.6. The van der Waals surface area contributed by atoms with Crippen LogP contribution in [0.2, 0.25) is 0 Å². The summed E-state index contributed by atoms with van der Waals surface area (Å²) in [5.41, 5.74) is 3.09. The number of H-pyrrole nitrogens is 1. The largest absolute Gasteiger partial charge is 0.465 e. The maximum absolute atomic E-state index is 12.1. The summed E-state index contributed by atoms with van der Waals surface area (Å²) in [6, 6.07) is 3.59. The van der Waals surface area contributed by atoms with Crippen molar-refractivity contribution in [3.05, 3.63) is 41.9 Å². The van der Waals surface area contributed by atoms with E-state index in [1.165, 1.54) is 17.4 Å². The molecule has 0 atom stereocenters. The highest BCUT2D eigenvalue weighted by Gasteiger charge is 2.24. The lowest BCUT2D eigenvalue weighted by Crippen LogP contribution is -2.34. The molecule has 0 unspecified atom stereocenters. The lowest BCUT2D eigenvalue weighted by Gasteiger charge is -2.26. The number of imidazole rings is 1. The molecular weight excluding hydrogens is 338 g/mol. The number of nitrogens with one attached hydrogen (secondary N) is 2. The van der Waals surface area contributed by atoms with E-state index in [0.717, 1.165) is 29.4 Å². The van der Waals surface area contributed by atoms with Gasteiger partial charge in [-0.05, 0) is 25.0 Å². The van der Waals surface area contributed by atoms with Crippen LogP contribution in [0.3, 0.4) is 0 Å². The minimum atomic E-state index is -0.966. The van der Waals surface area contributed by atoms with Crippen LogP contribution < -0.4 is 10.2 Å². The minimum absolute atomic E-state index is 0.0901. The van der Waals surface area contributed by atoms with Gasteiger partial charge in [-0.1, -0.05) is 0 Å². The maximum Gasteiger partial charge on any atom is 0.411 e. The van der Waals surface area contributed by atoms with E-state index >= 15 is 0 Å². The fraction of sp³-hybridized carbons (Fsp3) is 0.294. The summed E-state index contributed by atoms with van der Waals surface area (Å²) in [7, 11) is 0. The lowest BCUT2D eigenvalue weighted by atomic mass is 10.0. The SMILES string of the molecule is O=C(Cc1nc2c3c(ccc2[nH]1)N(C(=O)O)CCC3)NCc1ncco1. The molecular formula is C17H17N5O4. The number of anilines is 1. The number of fused-ring (bicyclic) bond motifs is 3. The van der Waals surface area contributed by atoms with Gasteiger partial charge in [0.25, 0.3) is 0 Å². The number of hydrogen-bond acceptors (Lipinski definition) is 5. The topological polar surface area (TPSA) is 124 Å². The second kappa shape index (κ2) is 6.51. The van der Waals surface area contributed by atoms with Gasteiger partial charge in [-0.2, -0.15) is 0 Å². The molecule has 2 amide bonds. The smallest absolute Gasteiger partial charge is 0.411 e. The second-order valence-electron chi connectivity index (χ2n) is 6.06. The minimum Gasteiger partial charge on any atom is -0.465 e. The Morgan fingerprint density at radius 2 is 2.27 bits per heavy atom. The van der Waals surface area contributed by atoms with Crippen molar-refractivity contribution in [2.75, 3.05) is 11.4 Å². The zero-order valence-electron chi connectivity index (χ0n) is 13.9. The van der Waals surface area contributed by atoms with Crippen LogP contribution in [0.1, 0.15) is 23.7 Å². The molecule has 9 heteroatoms. The van der Waals surface area contributed by atoms with E-state index in [-0.39, 0.29) is 18.9 Å². The maximum atomic E-state index is 12.1. The van der Waals surface area contributed by atoms with E-state index in [2.05, 4.69) is 20.3 Å². The van der Waals surface area contributed by atoms with E-state index < -0.39 is 6.09 Å². The van der Waals surface area contributed by atoms with Gasteiger partial charge in [0.1, 0.15) is 12.1 Å². The molecule has 3 heterocycles. The number of carbonyl (C=O) groups is 2. The quantitative estimate of drug-likeness (QED) is 0.656. The Balaban J connectivity index is 1.54. The molecule has 0 fully saturated rings. The number of carbonyl (C=O) groups excluding carboxylic acids is 1. The van der Waals surface area contributed by atoms with E-state index in [1.54, 1.807) is 12.1 Å². The van der Waals surface area contributed by atoms with Crippen molar-refractivity contribution in [2.45, 2.75) is 25.8 Å². The van der Waals surface area contributed by atoms with Crippen LogP contribution in [0.15, 0.2) is 29.0 Å². The Hall–Kier alpha value is -3.36. The Morgan fingerprint density at radius 3 is 3.04 bits per heavy atom. The van der Waals surface area contributed by atoms with Gasteiger partial charge in [0.15, 0.2) is 0 Å². The third kappa shape index (κ3) is 2.99. The molecule has 0 saturated carbocycles. The van der Waals surface area contributed by atoms with Crippen LogP contribution in [0.5, 0.6) is 0 Å². The Bertz CT molecular complexity index is 963. The van der Waals surface area contributed by atoms with Crippen LogP contribution in [0, 0.1) is 0 Å². The van der Waals surface area contributed by atoms with Crippen LogP contribution in [-0.2, 0) is 24.2 Å². The fourth-order valence-electron chi connectivity index (χ4n) is 3.22. The highest BCUT2D eigenvalue weighted by atomic mass is 16.4. The molecule has 1 aromatic carbocycles. The van der Waals surface area contributed by atoms with Crippen molar-refractivity contribution < 1.29 is 19.1 Å². The zero-order valence-corrected chi connectivity index (χ0v) is 13.9. The van der Waals surface area contributed by atoms with Crippen molar-refractivity contribution in [1.82, 2.24) is 20.3 Å². The lowest BCUT2D eigenvalue weighted by molar-refractivity contribution is -0.120. The molecule has 3 N–H and O–H groups in total. The van der Waals surface area contributed by atoms with Gasteiger partial charge in [0.2, 0.25) is 11.8 Å². The first-order valence-electron chi connectivity index (χ1n) is 8.28. The summed E-state index contributed by atoms with van der Waals surface area (Å²) in [4.78, 5) is 36.4. The van der Waals surface area contributed by atoms with Gasteiger partial charge in [0, 0.05) is 12.1 Å². The summed E-state index contributed by atoms with van der Waals surface area (Å²) < 4.78 is 5.07. The monoisotopic (exact) mass is 355 g/mol. The number of aryl methyl sites for hydroxylation is 1. The molecule has 9 nitrogen and oxygen atoms in total. The molecule has 1 aliphatic heterocycles. The number of aromatic nitrogens is 3. The molecule has 1 aliphatic rings. The highest BCUT2D eigenvalue weighted by Crippen LogP contribution is 2.32. The summed E-state index contributed by atoms with van der Waals surface area (Å²) in [6.07, 6.45) is 3.60. The number of hydrogen-bond donors (Lipinski definition) is 3. The summed E-state index contributed by atoms with van der Waals surface area (Å²) in [5, 5.41) is 12.1. The van der Waals surface area contributed by atoms with Crippen molar-refractivity contribution in [2.24, 2.45) is 0 Å². The van der Waals surface area contributed by atoms with Gasteiger partial charge >= 0.3 is 6.09 Å². The number of rotatable bonds is 4. The van der Waals surface area contributed by atoms with E-state index in [0.29, 0.717) is 23.9 Å². The fourth-order valence-corrected chi connectivity index (χ4v) is 3.22. The third-order valence-electron chi connectivity index (χ3n) is 4.36. The average Bonchev–Trinajstić information content (AvgIpc) is 3.28. The number of benzene rings is 1. The van der Waals surface area contributed by atoms with Gasteiger partial charge in [-0.3, -0.25) is 9.69 Å². The van der Waals surface area contributed by atoms with Gasteiger partial charge in [-0.15, -0.1) is 0 Å². The summed E-state index contributed by atoms with van der Waals surface area (Å²) in [6.45, 7) is 0.698. The van der Waals surface area contributed by atoms with Crippen LogP contribution in [-0.4, -0.2) is 38.6 Å². The predicted octanol–water partition coefficient (Wildman–Crippen LogP) is 1.84. The number of aromatic amines is 1. The molecule has 0 spiro atoms. The molecule has 0 aliphatic carbocycles. The number of nitrogens with zero attached hydrogens (tertiary/aromatic N) is 3. The van der Waals surface area contributed by atoms with Crippen LogP contribution in [0.4, 0.5) is 10.5 Å². The standard InChI is InChI=1S/C17H17N5O4/c23-14(19-9-15-18-5-7-26-15)8-13-20-11-3-4-12-10(16(11)21-13)2-1-6-22(12)17(24)25/h3-5,7H,1-2,6,8-9H2,(H,19,23)(H,20,21)(H,24,25). The predicted molar refractivity (Wildman–Crippen MR) is 91.8 cm³/mol. The Morgan fingerprint density at radius 1 is 1.38 bits per heavy atom. The molecule has 26 heavy (non-hydrogen) atoms. The van der Waals surface area contributed by atoms with Crippen molar-refractivity contribution in [3.8, 4) is 0 Å². The Labute approximate surface area is 148 Å². The van der Waals surface area contributed by atoms with E-state index in [9.17, 15) is 14.7 Å². The Kier molecular flexibility index (Phi) is 4.04. The molecule has 2 aromatic heterocycles. The molecule has 134 valence electrons. The van der Waals surface area contributed by atoms with E-state index in [1.807, 2.05) is 0 Å². The van der Waals surface area contributed by atoms with Gasteiger partial charge < -0.3 is 19.8 Å². The normalized spacial score (nSPS) is 13.6. The van der Waals surface area contributed by atoms with Crippen molar-refractivity contribution in [1.29, 1.82) is 0 Å².